The Kier molecular flexibility index (Phi) is 3.43. The fourth-order valence-electron chi connectivity index (χ4n) is 2.12. The molecular weight excluding hydrogens is 258 g/mol. The number of hydrogen-bond acceptors (Lipinski definition) is 3. The molecule has 98 valence electrons. The maximum absolute atomic E-state index is 5.29. The first-order valence-corrected chi connectivity index (χ1v) is 6.63. The Morgan fingerprint density at radius 3 is 2.89 bits per heavy atom. The van der Waals surface area contributed by atoms with Gasteiger partial charge in [0, 0.05) is 36.5 Å². The molecule has 3 rings (SSSR count). The quantitative estimate of drug-likeness (QED) is 0.629. The number of nitrogens with one attached hydrogen (secondary N) is 4. The van der Waals surface area contributed by atoms with Gasteiger partial charge in [0.15, 0.2) is 10.9 Å². The maximum Gasteiger partial charge on any atom is 0.176 e. The summed E-state index contributed by atoms with van der Waals surface area (Å²) in [5.41, 5.74) is 3.31. The monoisotopic (exact) mass is 273 g/mol. The Hall–Kier alpha value is -1.92. The molecule has 0 bridgehead atoms. The number of aromatic nitrogens is 2. The molecule has 1 aliphatic rings. The van der Waals surface area contributed by atoms with Crippen LogP contribution in [-0.4, -0.2) is 21.9 Å². The normalized spacial score (nSPS) is 13.7. The third kappa shape index (κ3) is 2.74. The molecular formula is C13H15N5S. The summed E-state index contributed by atoms with van der Waals surface area (Å²) in [5, 5.41) is 17.5. The molecule has 1 aromatic carbocycles. The molecule has 0 unspecified atom stereocenters. The average Bonchev–Trinajstić information content (AvgIpc) is 2.83. The second-order valence-electron chi connectivity index (χ2n) is 4.40. The van der Waals surface area contributed by atoms with Crippen molar-refractivity contribution < 1.29 is 0 Å². The highest BCUT2D eigenvalue weighted by molar-refractivity contribution is 7.80. The van der Waals surface area contributed by atoms with Crippen LogP contribution in [0.5, 0.6) is 0 Å². The van der Waals surface area contributed by atoms with Gasteiger partial charge >= 0.3 is 0 Å². The number of aromatic amines is 1. The summed E-state index contributed by atoms with van der Waals surface area (Å²) in [5.74, 6) is 0.802. The van der Waals surface area contributed by atoms with Gasteiger partial charge in [-0.3, -0.25) is 5.10 Å². The van der Waals surface area contributed by atoms with Gasteiger partial charge in [0.1, 0.15) is 0 Å². The first-order valence-electron chi connectivity index (χ1n) is 6.23. The van der Waals surface area contributed by atoms with Crippen molar-refractivity contribution in [2.75, 3.05) is 17.2 Å². The van der Waals surface area contributed by atoms with E-state index in [-0.39, 0.29) is 0 Å². The molecule has 0 spiro atoms. The zero-order chi connectivity index (χ0) is 13.1. The number of thiocarbonyl (C=S) groups is 1. The summed E-state index contributed by atoms with van der Waals surface area (Å²) in [6.45, 7) is 1.81. The summed E-state index contributed by atoms with van der Waals surface area (Å²) >= 11 is 5.29. The molecule has 0 saturated heterocycles. The first-order chi connectivity index (χ1) is 9.33. The fourth-order valence-corrected chi connectivity index (χ4v) is 2.33. The summed E-state index contributed by atoms with van der Waals surface area (Å²) in [6, 6.07) is 9.83. The number of fused-ring (bicyclic) bond motifs is 1. The van der Waals surface area contributed by atoms with Crippen LogP contribution in [0.2, 0.25) is 0 Å². The van der Waals surface area contributed by atoms with E-state index < -0.39 is 0 Å². The molecule has 6 heteroatoms. The van der Waals surface area contributed by atoms with Crippen LogP contribution in [0.4, 0.5) is 11.5 Å². The van der Waals surface area contributed by atoms with Crippen molar-refractivity contribution >= 4 is 28.8 Å². The van der Waals surface area contributed by atoms with Crippen LogP contribution < -0.4 is 16.0 Å². The highest BCUT2D eigenvalue weighted by Gasteiger charge is 2.16. The minimum atomic E-state index is 0.547. The lowest BCUT2D eigenvalue weighted by molar-refractivity contribution is 0.637. The molecule has 0 saturated carbocycles. The van der Waals surface area contributed by atoms with E-state index in [9.17, 15) is 0 Å². The van der Waals surface area contributed by atoms with Gasteiger partial charge in [-0.15, -0.1) is 0 Å². The predicted octanol–water partition coefficient (Wildman–Crippen LogP) is 1.86. The SMILES string of the molecule is S=C(Nc1ccccc1)Nc1n[nH]c2c1CNCC2. The number of H-pyrrole nitrogens is 1. The molecule has 2 heterocycles. The number of nitrogens with zero attached hydrogens (tertiary/aromatic N) is 1. The standard InChI is InChI=1S/C13H15N5S/c19-13(15-9-4-2-1-3-5-9)16-12-10-8-14-7-6-11(10)17-18-12/h1-5,14H,6-8H2,(H3,15,16,17,18,19). The molecule has 0 amide bonds. The maximum atomic E-state index is 5.29. The minimum absolute atomic E-state index is 0.547. The molecule has 0 fully saturated rings. The third-order valence-electron chi connectivity index (χ3n) is 3.07. The summed E-state index contributed by atoms with van der Waals surface area (Å²) in [4.78, 5) is 0. The van der Waals surface area contributed by atoms with Crippen LogP contribution >= 0.6 is 12.2 Å². The lowest BCUT2D eigenvalue weighted by atomic mass is 10.1. The van der Waals surface area contributed by atoms with E-state index in [1.165, 1.54) is 11.3 Å². The van der Waals surface area contributed by atoms with Crippen LogP contribution in [0.25, 0.3) is 0 Å². The van der Waals surface area contributed by atoms with E-state index in [4.69, 9.17) is 12.2 Å². The van der Waals surface area contributed by atoms with Crippen LogP contribution in [-0.2, 0) is 13.0 Å². The second kappa shape index (κ2) is 5.38. The first kappa shape index (κ1) is 12.1. The van der Waals surface area contributed by atoms with Gasteiger partial charge in [-0.25, -0.2) is 0 Å². The molecule has 0 radical (unpaired) electrons. The topological polar surface area (TPSA) is 64.8 Å². The van der Waals surface area contributed by atoms with Gasteiger partial charge in [-0.1, -0.05) is 18.2 Å². The van der Waals surface area contributed by atoms with Crippen molar-refractivity contribution in [3.8, 4) is 0 Å². The van der Waals surface area contributed by atoms with E-state index in [1.54, 1.807) is 0 Å². The predicted molar refractivity (Wildman–Crippen MR) is 80.3 cm³/mol. The fraction of sp³-hybridized carbons (Fsp3) is 0.231. The molecule has 1 aromatic heterocycles. The van der Waals surface area contributed by atoms with Gasteiger partial charge in [0.25, 0.3) is 0 Å². The lowest BCUT2D eigenvalue weighted by Gasteiger charge is -2.14. The van der Waals surface area contributed by atoms with E-state index in [2.05, 4.69) is 26.1 Å². The molecule has 0 atom stereocenters. The largest absolute Gasteiger partial charge is 0.332 e. The van der Waals surface area contributed by atoms with Crippen molar-refractivity contribution in [2.45, 2.75) is 13.0 Å². The molecule has 4 N–H and O–H groups in total. The highest BCUT2D eigenvalue weighted by atomic mass is 32.1. The van der Waals surface area contributed by atoms with Crippen molar-refractivity contribution in [1.29, 1.82) is 0 Å². The Bertz CT molecular complexity index is 578. The molecule has 5 nitrogen and oxygen atoms in total. The Morgan fingerprint density at radius 1 is 1.21 bits per heavy atom. The van der Waals surface area contributed by atoms with Gasteiger partial charge in [-0.2, -0.15) is 5.10 Å². The number of rotatable bonds is 2. The number of benzene rings is 1. The lowest BCUT2D eigenvalue weighted by Crippen LogP contribution is -2.25. The Morgan fingerprint density at radius 2 is 2.05 bits per heavy atom. The van der Waals surface area contributed by atoms with Crippen LogP contribution in [0.1, 0.15) is 11.3 Å². The number of anilines is 2. The zero-order valence-corrected chi connectivity index (χ0v) is 11.2. The minimum Gasteiger partial charge on any atom is -0.332 e. The summed E-state index contributed by atoms with van der Waals surface area (Å²) < 4.78 is 0. The smallest absolute Gasteiger partial charge is 0.176 e. The van der Waals surface area contributed by atoms with Crippen LogP contribution in [0.15, 0.2) is 30.3 Å². The van der Waals surface area contributed by atoms with E-state index in [0.717, 1.165) is 31.0 Å². The van der Waals surface area contributed by atoms with Crippen LogP contribution in [0, 0.1) is 0 Å². The Balaban J connectivity index is 1.68. The van der Waals surface area contributed by atoms with Gasteiger partial charge in [0.2, 0.25) is 0 Å². The second-order valence-corrected chi connectivity index (χ2v) is 4.81. The molecule has 19 heavy (non-hydrogen) atoms. The van der Waals surface area contributed by atoms with Crippen molar-refractivity contribution in [3.63, 3.8) is 0 Å². The third-order valence-corrected chi connectivity index (χ3v) is 3.27. The van der Waals surface area contributed by atoms with Crippen molar-refractivity contribution in [3.05, 3.63) is 41.6 Å². The number of hydrogen-bond donors (Lipinski definition) is 4. The highest BCUT2D eigenvalue weighted by Crippen LogP contribution is 2.19. The van der Waals surface area contributed by atoms with E-state index >= 15 is 0 Å². The van der Waals surface area contributed by atoms with Crippen LogP contribution in [0.3, 0.4) is 0 Å². The molecule has 2 aromatic rings. The summed E-state index contributed by atoms with van der Waals surface area (Å²) in [6.07, 6.45) is 0.975. The van der Waals surface area contributed by atoms with Crippen molar-refractivity contribution in [1.82, 2.24) is 15.5 Å². The van der Waals surface area contributed by atoms with E-state index in [0.29, 0.717) is 5.11 Å². The number of para-hydroxylation sites is 1. The van der Waals surface area contributed by atoms with Gasteiger partial charge in [0.05, 0.1) is 0 Å². The Labute approximate surface area is 116 Å². The van der Waals surface area contributed by atoms with E-state index in [1.807, 2.05) is 30.3 Å². The summed E-state index contributed by atoms with van der Waals surface area (Å²) in [7, 11) is 0. The van der Waals surface area contributed by atoms with Gasteiger partial charge < -0.3 is 16.0 Å². The van der Waals surface area contributed by atoms with Crippen molar-refractivity contribution in [2.24, 2.45) is 0 Å². The average molecular weight is 273 g/mol. The molecule has 0 aliphatic carbocycles. The van der Waals surface area contributed by atoms with Gasteiger partial charge in [-0.05, 0) is 24.4 Å². The molecule has 1 aliphatic heterocycles. The zero-order valence-electron chi connectivity index (χ0n) is 10.4.